The first-order chi connectivity index (χ1) is 23.7. The topological polar surface area (TPSA) is 104 Å². The van der Waals surface area contributed by atoms with Crippen molar-refractivity contribution < 1.29 is 18.0 Å². The van der Waals surface area contributed by atoms with E-state index in [9.17, 15) is 18.0 Å². The number of fused-ring (bicyclic) bond motifs is 1. The van der Waals surface area contributed by atoms with Crippen molar-refractivity contribution in [1.82, 2.24) is 34.7 Å². The van der Waals surface area contributed by atoms with Crippen LogP contribution in [0, 0.1) is 18.8 Å². The predicted molar refractivity (Wildman–Crippen MR) is 184 cm³/mol. The number of anilines is 3. The molecule has 3 aromatic heterocycles. The molecule has 1 aliphatic rings. The maximum atomic E-state index is 14.0. The van der Waals surface area contributed by atoms with E-state index >= 15 is 0 Å². The summed E-state index contributed by atoms with van der Waals surface area (Å²) in [6.07, 6.45) is 3.70. The zero-order valence-corrected chi connectivity index (χ0v) is 27.4. The summed E-state index contributed by atoms with van der Waals surface area (Å²) in [7, 11) is 1.92. The highest BCUT2D eigenvalue weighted by Crippen LogP contribution is 2.35. The van der Waals surface area contributed by atoms with Gasteiger partial charge in [0.25, 0.3) is 5.91 Å². The molecule has 4 heterocycles. The van der Waals surface area contributed by atoms with Gasteiger partial charge < -0.3 is 21.3 Å². The van der Waals surface area contributed by atoms with E-state index in [0.29, 0.717) is 30.0 Å². The first-order valence-corrected chi connectivity index (χ1v) is 16.2. The maximum Gasteiger partial charge on any atom is 0.416 e. The molecule has 0 aliphatic carbocycles. The van der Waals surface area contributed by atoms with Gasteiger partial charge in [0.15, 0.2) is 5.65 Å². The molecular weight excluding hydrogens is 631 g/mol. The van der Waals surface area contributed by atoms with E-state index in [0.717, 1.165) is 55.6 Å². The second kappa shape index (κ2) is 14.9. The van der Waals surface area contributed by atoms with E-state index in [1.165, 1.54) is 12.1 Å². The van der Waals surface area contributed by atoms with Crippen molar-refractivity contribution in [2.24, 2.45) is 0 Å². The van der Waals surface area contributed by atoms with Crippen LogP contribution in [0.15, 0.2) is 73.3 Å². The van der Waals surface area contributed by atoms with Crippen LogP contribution >= 0.6 is 0 Å². The molecule has 13 heteroatoms. The molecule has 0 atom stereocenters. The first kappa shape index (κ1) is 33.7. The second-order valence-electron chi connectivity index (χ2n) is 12.0. The predicted octanol–water partition coefficient (Wildman–Crippen LogP) is 5.27. The van der Waals surface area contributed by atoms with Gasteiger partial charge >= 0.3 is 6.18 Å². The molecule has 4 N–H and O–H groups in total. The highest BCUT2D eigenvalue weighted by atomic mass is 19.4. The summed E-state index contributed by atoms with van der Waals surface area (Å²) in [5, 5.41) is 16.8. The van der Waals surface area contributed by atoms with Crippen molar-refractivity contribution in [2.75, 3.05) is 50.4 Å². The van der Waals surface area contributed by atoms with Crippen LogP contribution in [-0.4, -0.2) is 69.7 Å². The van der Waals surface area contributed by atoms with Crippen molar-refractivity contribution in [2.45, 2.75) is 32.6 Å². The van der Waals surface area contributed by atoms with Gasteiger partial charge in [0.2, 0.25) is 0 Å². The number of amides is 1. The van der Waals surface area contributed by atoms with Crippen molar-refractivity contribution in [3.8, 4) is 11.8 Å². The fourth-order valence-electron chi connectivity index (χ4n) is 5.72. The largest absolute Gasteiger partial charge is 0.416 e. The summed E-state index contributed by atoms with van der Waals surface area (Å²) in [6.45, 7) is 6.62. The van der Waals surface area contributed by atoms with Crippen LogP contribution in [0.4, 0.5) is 30.2 Å². The third-order valence-corrected chi connectivity index (χ3v) is 8.36. The lowest BCUT2D eigenvalue weighted by Gasteiger charge is -2.28. The Balaban J connectivity index is 1.17. The molecule has 1 amide bonds. The van der Waals surface area contributed by atoms with Gasteiger partial charge in [-0.15, -0.1) is 0 Å². The standard InChI is InChI=1S/C36H38F3N9O/c1-25-6-7-27(35(49)45-29-10-8-28(32(20-29)36(37,38)39)23-46-17-13-41-14-18-46)19-26(25)9-11-31-22-42-34-33(5-3-16-48(31)34)44-30-21-43-47(24-30)15-4-12-40-2/h3,5-8,10,16,19-22,24,40-41,44H,4,12-15,17-18,23H2,1-2H3,(H,45,49). The second-order valence-corrected chi connectivity index (χ2v) is 12.0. The monoisotopic (exact) mass is 669 g/mol. The van der Waals surface area contributed by atoms with E-state index in [2.05, 4.69) is 43.2 Å². The number of hydrogen-bond acceptors (Lipinski definition) is 7. The highest BCUT2D eigenvalue weighted by Gasteiger charge is 2.34. The third kappa shape index (κ3) is 8.29. The molecule has 0 unspecified atom stereocenters. The van der Waals surface area contributed by atoms with E-state index in [1.807, 2.05) is 52.5 Å². The number of carbonyl (C=O) groups excluding carboxylic acids is 1. The number of nitrogens with one attached hydrogen (secondary N) is 4. The van der Waals surface area contributed by atoms with Gasteiger partial charge in [0, 0.05) is 68.5 Å². The maximum absolute atomic E-state index is 14.0. The lowest BCUT2D eigenvalue weighted by atomic mass is 10.0. The highest BCUT2D eigenvalue weighted by molar-refractivity contribution is 6.04. The summed E-state index contributed by atoms with van der Waals surface area (Å²) in [4.78, 5) is 19.8. The molecule has 1 aliphatic heterocycles. The van der Waals surface area contributed by atoms with Gasteiger partial charge in [-0.05, 0) is 80.4 Å². The number of pyridine rings is 1. The van der Waals surface area contributed by atoms with Crippen LogP contribution in [0.5, 0.6) is 0 Å². The summed E-state index contributed by atoms with van der Waals surface area (Å²) in [5.74, 6) is 5.79. The quantitative estimate of drug-likeness (QED) is 0.119. The van der Waals surface area contributed by atoms with Gasteiger partial charge in [-0.25, -0.2) is 4.98 Å². The molecule has 254 valence electrons. The van der Waals surface area contributed by atoms with Crippen LogP contribution < -0.4 is 21.3 Å². The number of aromatic nitrogens is 4. The Morgan fingerprint density at radius 2 is 1.88 bits per heavy atom. The molecule has 1 saturated heterocycles. The normalized spacial score (nSPS) is 13.7. The Bertz CT molecular complexity index is 2000. The fourth-order valence-corrected chi connectivity index (χ4v) is 5.72. The number of piperazine rings is 1. The molecule has 5 aromatic rings. The van der Waals surface area contributed by atoms with Gasteiger partial charge in [0.1, 0.15) is 5.69 Å². The van der Waals surface area contributed by atoms with E-state index in [1.54, 1.807) is 30.6 Å². The zero-order valence-electron chi connectivity index (χ0n) is 27.4. The number of halogens is 3. The number of carbonyl (C=O) groups is 1. The summed E-state index contributed by atoms with van der Waals surface area (Å²) in [5.41, 5.74) is 4.24. The average molecular weight is 670 g/mol. The van der Waals surface area contributed by atoms with E-state index in [4.69, 9.17) is 0 Å². The van der Waals surface area contributed by atoms with Crippen LogP contribution in [0.1, 0.15) is 44.7 Å². The Hall–Kier alpha value is -5.16. The molecule has 0 spiro atoms. The number of imidazole rings is 1. The molecule has 0 radical (unpaired) electrons. The number of alkyl halides is 3. The average Bonchev–Trinajstić information content (AvgIpc) is 3.72. The Morgan fingerprint density at radius 3 is 2.67 bits per heavy atom. The van der Waals surface area contributed by atoms with Crippen molar-refractivity contribution in [1.29, 1.82) is 0 Å². The molecule has 6 rings (SSSR count). The Kier molecular flexibility index (Phi) is 10.3. The van der Waals surface area contributed by atoms with Crippen LogP contribution in [0.25, 0.3) is 5.65 Å². The minimum absolute atomic E-state index is 0.0749. The van der Waals surface area contributed by atoms with Crippen molar-refractivity contribution >= 4 is 28.6 Å². The Morgan fingerprint density at radius 1 is 1.04 bits per heavy atom. The van der Waals surface area contributed by atoms with Crippen molar-refractivity contribution in [3.63, 3.8) is 0 Å². The first-order valence-electron chi connectivity index (χ1n) is 16.2. The molecule has 2 aromatic carbocycles. The third-order valence-electron chi connectivity index (χ3n) is 8.36. The lowest BCUT2D eigenvalue weighted by Crippen LogP contribution is -2.43. The fraction of sp³-hybridized carbons (Fsp3) is 0.306. The molecule has 0 bridgehead atoms. The summed E-state index contributed by atoms with van der Waals surface area (Å²) in [6, 6.07) is 12.9. The van der Waals surface area contributed by atoms with Gasteiger partial charge in [-0.2, -0.15) is 18.3 Å². The molecule has 49 heavy (non-hydrogen) atoms. The van der Waals surface area contributed by atoms with Crippen LogP contribution in [0.2, 0.25) is 0 Å². The van der Waals surface area contributed by atoms with Crippen LogP contribution in [-0.2, 0) is 19.3 Å². The lowest BCUT2D eigenvalue weighted by molar-refractivity contribution is -0.138. The zero-order chi connectivity index (χ0) is 34.4. The SMILES string of the molecule is CNCCCn1cc(Nc2cccn3c(C#Cc4cc(C(=O)Nc5ccc(CN6CCNCC6)c(C(F)(F)F)c5)ccc4C)cnc23)cn1. The molecule has 0 saturated carbocycles. The number of benzene rings is 2. The number of rotatable bonds is 10. The number of nitrogens with zero attached hydrogens (tertiary/aromatic N) is 5. The Labute approximate surface area is 282 Å². The summed E-state index contributed by atoms with van der Waals surface area (Å²) >= 11 is 0. The minimum Gasteiger partial charge on any atom is -0.350 e. The summed E-state index contributed by atoms with van der Waals surface area (Å²) < 4.78 is 45.9. The van der Waals surface area contributed by atoms with Crippen molar-refractivity contribution in [3.05, 3.63) is 107 Å². The van der Waals surface area contributed by atoms with Gasteiger partial charge in [-0.3, -0.25) is 18.8 Å². The van der Waals surface area contributed by atoms with E-state index in [-0.39, 0.29) is 23.4 Å². The van der Waals surface area contributed by atoms with Gasteiger partial charge in [0.05, 0.1) is 29.3 Å². The molecular formula is C36H38F3N9O. The number of hydrogen-bond donors (Lipinski definition) is 4. The van der Waals surface area contributed by atoms with Gasteiger partial charge in [-0.1, -0.05) is 18.1 Å². The molecule has 10 nitrogen and oxygen atoms in total. The minimum atomic E-state index is -4.55. The smallest absolute Gasteiger partial charge is 0.350 e. The number of aryl methyl sites for hydroxylation is 2. The van der Waals surface area contributed by atoms with Crippen LogP contribution in [0.3, 0.4) is 0 Å². The van der Waals surface area contributed by atoms with E-state index < -0.39 is 17.6 Å². The molecule has 1 fully saturated rings.